The van der Waals surface area contributed by atoms with Crippen molar-refractivity contribution in [1.82, 2.24) is 16.0 Å². The lowest BCUT2D eigenvalue weighted by molar-refractivity contribution is -0.128. The third kappa shape index (κ3) is 11.0. The molecule has 4 atom stereocenters. The van der Waals surface area contributed by atoms with Crippen LogP contribution in [0.15, 0.2) is 60.0 Å². The Morgan fingerprint density at radius 1 is 0.750 bits per heavy atom. The van der Waals surface area contributed by atoms with Gasteiger partial charge in [0.25, 0.3) is 0 Å². The van der Waals surface area contributed by atoms with Crippen LogP contribution in [0.5, 0.6) is 0 Å². The zero-order chi connectivity index (χ0) is 32.1. The Morgan fingerprint density at radius 3 is 2.00 bits per heavy atom. The average Bonchev–Trinajstić information content (AvgIpc) is 3.40. The number of benzene rings is 2. The second-order valence-electron chi connectivity index (χ2n) is 11.1. The Balaban J connectivity index is 1.35. The molecule has 0 aliphatic carbocycles. The normalized spacial score (nSPS) is 13.8. The van der Waals surface area contributed by atoms with E-state index in [1.54, 1.807) is 11.3 Å². The van der Waals surface area contributed by atoms with E-state index in [0.29, 0.717) is 38.6 Å². The molecule has 0 unspecified atom stereocenters. The van der Waals surface area contributed by atoms with E-state index in [1.165, 1.54) is 13.8 Å². The average molecular weight is 622 g/mol. The summed E-state index contributed by atoms with van der Waals surface area (Å²) in [5, 5.41) is 11.3. The number of hydrogen-bond acceptors (Lipinski definition) is 8. The highest BCUT2D eigenvalue weighted by Gasteiger charge is 2.24. The molecule has 0 fully saturated rings. The number of Topliss-reactive ketones (excluding diaryl/α,β-unsaturated/α-hetero) is 2. The molecule has 10 nitrogen and oxygen atoms in total. The van der Waals surface area contributed by atoms with E-state index < -0.39 is 30.1 Å². The quantitative estimate of drug-likeness (QED) is 0.136. The van der Waals surface area contributed by atoms with Gasteiger partial charge in [-0.05, 0) is 80.3 Å². The van der Waals surface area contributed by atoms with Gasteiger partial charge in [0, 0.05) is 17.7 Å². The van der Waals surface area contributed by atoms with E-state index in [-0.39, 0.29) is 36.2 Å². The second kappa shape index (κ2) is 17.4. The van der Waals surface area contributed by atoms with Gasteiger partial charge in [-0.1, -0.05) is 48.5 Å². The number of unbranched alkanes of at least 4 members (excludes halogenated alkanes) is 1. The summed E-state index contributed by atoms with van der Waals surface area (Å²) in [6.07, 6.45) is 2.55. The number of carbonyl (C=O) groups excluding carboxylic acids is 5. The molecule has 0 aliphatic rings. The van der Waals surface area contributed by atoms with Crippen LogP contribution in [-0.4, -0.2) is 60.0 Å². The van der Waals surface area contributed by atoms with E-state index in [9.17, 15) is 24.0 Å². The summed E-state index contributed by atoms with van der Waals surface area (Å²) in [5.74, 6) is -1.47. The molecular weight excluding hydrogens is 578 g/mol. The second-order valence-corrected chi connectivity index (χ2v) is 12.0. The summed E-state index contributed by atoms with van der Waals surface area (Å²) >= 11 is 1.59. The molecule has 44 heavy (non-hydrogen) atoms. The maximum absolute atomic E-state index is 12.8. The predicted molar refractivity (Wildman–Crippen MR) is 173 cm³/mol. The van der Waals surface area contributed by atoms with Gasteiger partial charge in [-0.15, -0.1) is 11.3 Å². The number of ketones is 2. The van der Waals surface area contributed by atoms with Gasteiger partial charge in [0.1, 0.15) is 0 Å². The molecule has 7 N–H and O–H groups in total. The lowest BCUT2D eigenvalue weighted by Gasteiger charge is -2.19. The van der Waals surface area contributed by atoms with Crippen molar-refractivity contribution in [2.45, 2.75) is 83.0 Å². The standard InChI is InChI=1S/C33H43N5O5S/c1-21(39)28(37-32(42)26(34)18-23-10-4-3-5-11-23)13-8-9-17-36-31(41)16-15-29(22(2)40)38-33(43)27(35)19-24-20-44-30-14-7-6-12-25(24)30/h3-7,10-12,14,20,26-29H,8-9,13,15-19,34-35H2,1-2H3,(H,36,41)(H,37,42)(H,38,43)/t26-,27-,28-,29-/m0/s1. The lowest BCUT2D eigenvalue weighted by Crippen LogP contribution is -2.49. The lowest BCUT2D eigenvalue weighted by atomic mass is 10.0. The maximum Gasteiger partial charge on any atom is 0.237 e. The summed E-state index contributed by atoms with van der Waals surface area (Å²) in [5.41, 5.74) is 14.1. The van der Waals surface area contributed by atoms with Crippen molar-refractivity contribution >= 4 is 50.7 Å². The summed E-state index contributed by atoms with van der Waals surface area (Å²) in [6.45, 7) is 3.18. The zero-order valence-electron chi connectivity index (χ0n) is 25.3. The Kier molecular flexibility index (Phi) is 13.7. The van der Waals surface area contributed by atoms with Crippen LogP contribution in [0.4, 0.5) is 0 Å². The number of thiophene rings is 1. The zero-order valence-corrected chi connectivity index (χ0v) is 26.2. The fourth-order valence-electron chi connectivity index (χ4n) is 4.86. The summed E-state index contributed by atoms with van der Waals surface area (Å²) < 4.78 is 1.12. The van der Waals surface area contributed by atoms with Gasteiger partial charge in [0.2, 0.25) is 17.7 Å². The van der Waals surface area contributed by atoms with Gasteiger partial charge in [-0.25, -0.2) is 0 Å². The largest absolute Gasteiger partial charge is 0.356 e. The number of rotatable bonds is 18. The van der Waals surface area contributed by atoms with Crippen molar-refractivity contribution in [1.29, 1.82) is 0 Å². The van der Waals surface area contributed by atoms with Crippen molar-refractivity contribution in [3.63, 3.8) is 0 Å². The predicted octanol–water partition coefficient (Wildman–Crippen LogP) is 2.56. The number of nitrogens with two attached hydrogens (primary N) is 2. The Morgan fingerprint density at radius 2 is 1.34 bits per heavy atom. The molecule has 2 aromatic carbocycles. The molecule has 3 aromatic rings. The van der Waals surface area contributed by atoms with Crippen LogP contribution in [0.1, 0.15) is 57.1 Å². The Bertz CT molecular complexity index is 1430. The highest BCUT2D eigenvalue weighted by molar-refractivity contribution is 7.17. The minimum Gasteiger partial charge on any atom is -0.356 e. The van der Waals surface area contributed by atoms with Crippen molar-refractivity contribution in [2.75, 3.05) is 6.54 Å². The topological polar surface area (TPSA) is 173 Å². The summed E-state index contributed by atoms with van der Waals surface area (Å²) in [6, 6.07) is 14.3. The molecule has 11 heteroatoms. The van der Waals surface area contributed by atoms with Crippen LogP contribution in [0, 0.1) is 0 Å². The van der Waals surface area contributed by atoms with Gasteiger partial charge in [0.05, 0.1) is 24.2 Å². The number of hydrogen-bond donors (Lipinski definition) is 5. The summed E-state index contributed by atoms with van der Waals surface area (Å²) in [7, 11) is 0. The van der Waals surface area contributed by atoms with Gasteiger partial charge in [-0.2, -0.15) is 0 Å². The molecule has 0 spiro atoms. The molecule has 0 bridgehead atoms. The highest BCUT2D eigenvalue weighted by atomic mass is 32.1. The molecule has 0 saturated carbocycles. The summed E-state index contributed by atoms with van der Waals surface area (Å²) in [4.78, 5) is 62.0. The van der Waals surface area contributed by atoms with Crippen LogP contribution in [0.25, 0.3) is 10.1 Å². The van der Waals surface area contributed by atoms with Crippen molar-refractivity contribution in [3.8, 4) is 0 Å². The minimum absolute atomic E-state index is 0.0559. The molecule has 236 valence electrons. The van der Waals surface area contributed by atoms with Gasteiger partial charge >= 0.3 is 0 Å². The highest BCUT2D eigenvalue weighted by Crippen LogP contribution is 2.26. The van der Waals surface area contributed by atoms with Crippen molar-refractivity contribution < 1.29 is 24.0 Å². The Labute approximate surface area is 262 Å². The fraction of sp³-hybridized carbons (Fsp3) is 0.424. The molecule has 1 heterocycles. The van der Waals surface area contributed by atoms with Gasteiger partial charge in [-0.3, -0.25) is 24.0 Å². The molecular formula is C33H43N5O5S. The number of amides is 3. The van der Waals surface area contributed by atoms with E-state index in [2.05, 4.69) is 16.0 Å². The van der Waals surface area contributed by atoms with Gasteiger partial charge in [0.15, 0.2) is 11.6 Å². The van der Waals surface area contributed by atoms with E-state index in [4.69, 9.17) is 11.5 Å². The first kappa shape index (κ1) is 34.6. The maximum atomic E-state index is 12.8. The van der Waals surface area contributed by atoms with Crippen molar-refractivity contribution in [3.05, 3.63) is 71.1 Å². The third-order valence-corrected chi connectivity index (χ3v) is 8.50. The molecule has 0 saturated heterocycles. The van der Waals surface area contributed by atoms with E-state index in [0.717, 1.165) is 21.2 Å². The molecule has 0 aliphatic heterocycles. The van der Waals surface area contributed by atoms with Gasteiger partial charge < -0.3 is 27.4 Å². The van der Waals surface area contributed by atoms with Crippen LogP contribution in [0.2, 0.25) is 0 Å². The van der Waals surface area contributed by atoms with E-state index >= 15 is 0 Å². The van der Waals surface area contributed by atoms with Crippen LogP contribution in [-0.2, 0) is 36.8 Å². The molecule has 3 amide bonds. The molecule has 3 rings (SSSR count). The smallest absolute Gasteiger partial charge is 0.237 e. The SMILES string of the molecule is CC(=O)[C@H](CCCCNC(=O)CC[C@H](NC(=O)[C@@H](N)Cc1csc2ccccc12)C(C)=O)NC(=O)[C@@H](N)Cc1ccccc1. The van der Waals surface area contributed by atoms with E-state index in [1.807, 2.05) is 60.0 Å². The van der Waals surface area contributed by atoms with Crippen LogP contribution in [0.3, 0.4) is 0 Å². The Hall–Kier alpha value is -3.93. The number of nitrogens with one attached hydrogen (secondary N) is 3. The number of fused-ring (bicyclic) bond motifs is 1. The van der Waals surface area contributed by atoms with Crippen LogP contribution >= 0.6 is 11.3 Å². The first-order valence-corrected chi connectivity index (χ1v) is 15.8. The van der Waals surface area contributed by atoms with Crippen LogP contribution < -0.4 is 27.4 Å². The monoisotopic (exact) mass is 621 g/mol. The first-order chi connectivity index (χ1) is 21.0. The third-order valence-electron chi connectivity index (χ3n) is 7.49. The number of carbonyl (C=O) groups is 5. The minimum atomic E-state index is -0.827. The molecule has 1 aromatic heterocycles. The van der Waals surface area contributed by atoms with Crippen molar-refractivity contribution in [2.24, 2.45) is 11.5 Å². The molecule has 0 radical (unpaired) electrons. The fourth-order valence-corrected chi connectivity index (χ4v) is 5.83. The first-order valence-electron chi connectivity index (χ1n) is 14.9.